The van der Waals surface area contributed by atoms with Crippen molar-refractivity contribution in [3.63, 3.8) is 0 Å². The van der Waals surface area contributed by atoms with Crippen molar-refractivity contribution in [3.8, 4) is 16.9 Å². The van der Waals surface area contributed by atoms with Crippen LogP contribution < -0.4 is 20.3 Å². The molecule has 224 valence electrons. The quantitative estimate of drug-likeness (QED) is 0.258. The lowest BCUT2D eigenvalue weighted by atomic mass is 10.0. The number of aromatic nitrogens is 5. The first-order chi connectivity index (χ1) is 20.5. The molecule has 0 saturated carbocycles. The van der Waals surface area contributed by atoms with Gasteiger partial charge in [-0.15, -0.1) is 23.7 Å². The van der Waals surface area contributed by atoms with Crippen molar-refractivity contribution in [2.24, 2.45) is 0 Å². The van der Waals surface area contributed by atoms with Crippen LogP contribution in [-0.4, -0.2) is 69.7 Å². The smallest absolute Gasteiger partial charge is 0.257 e. The molecular formula is C29H29Cl2FN8O2S. The van der Waals surface area contributed by atoms with E-state index in [1.165, 1.54) is 16.0 Å². The number of methoxy groups -OCH3 is 1. The number of hydrogen-bond acceptors (Lipinski definition) is 8. The van der Waals surface area contributed by atoms with Gasteiger partial charge in [-0.25, -0.2) is 14.4 Å². The molecule has 0 aliphatic carbocycles. The van der Waals surface area contributed by atoms with E-state index in [9.17, 15) is 9.18 Å². The monoisotopic (exact) mass is 642 g/mol. The molecule has 43 heavy (non-hydrogen) atoms. The van der Waals surface area contributed by atoms with E-state index in [0.29, 0.717) is 38.2 Å². The highest BCUT2D eigenvalue weighted by Crippen LogP contribution is 2.41. The number of anilines is 2. The number of ether oxygens (including phenoxy) is 1. The average Bonchev–Trinajstić information content (AvgIpc) is 3.81. The minimum absolute atomic E-state index is 0. The van der Waals surface area contributed by atoms with Crippen LogP contribution in [0.15, 0.2) is 54.4 Å². The Kier molecular flexibility index (Phi) is 8.27. The fraction of sp³-hybridized carbons (Fsp3) is 0.310. The summed E-state index contributed by atoms with van der Waals surface area (Å²) in [5, 5.41) is 14.4. The molecule has 2 unspecified atom stereocenters. The van der Waals surface area contributed by atoms with Gasteiger partial charge >= 0.3 is 0 Å². The lowest BCUT2D eigenvalue weighted by molar-refractivity contribution is -0.118. The molecule has 2 aliphatic rings. The van der Waals surface area contributed by atoms with Crippen molar-refractivity contribution >= 4 is 63.0 Å². The summed E-state index contributed by atoms with van der Waals surface area (Å²) >= 11 is 8.15. The van der Waals surface area contributed by atoms with E-state index in [0.717, 1.165) is 43.0 Å². The highest BCUT2D eigenvalue weighted by Gasteiger charge is 2.35. The molecular weight excluding hydrogens is 614 g/mol. The molecule has 2 N–H and O–H groups in total. The first-order valence-electron chi connectivity index (χ1n) is 13.7. The zero-order valence-electron chi connectivity index (χ0n) is 23.2. The Bertz CT molecular complexity index is 1750. The van der Waals surface area contributed by atoms with E-state index < -0.39 is 12.2 Å². The Hall–Kier alpha value is -3.71. The second-order valence-corrected chi connectivity index (χ2v) is 11.7. The molecule has 0 radical (unpaired) electrons. The molecule has 1 fully saturated rings. The zero-order valence-corrected chi connectivity index (χ0v) is 25.6. The van der Waals surface area contributed by atoms with E-state index in [4.69, 9.17) is 21.4 Å². The first-order valence-corrected chi connectivity index (χ1v) is 15.0. The maximum atomic E-state index is 14.3. The van der Waals surface area contributed by atoms with Gasteiger partial charge in [0, 0.05) is 72.7 Å². The van der Waals surface area contributed by atoms with Gasteiger partial charge in [0.25, 0.3) is 5.91 Å². The second-order valence-electron chi connectivity index (χ2n) is 10.4. The molecule has 3 aromatic heterocycles. The normalized spacial score (nSPS) is 17.0. The number of piperazine rings is 1. The molecule has 5 heterocycles. The SMILES string of the molecule is COc1c(-c2ccc(N3CCNCC3)cc2)cc(Cl)c2cn(C(C(=O)Nc3nccs3)c3ncn4c3CC(F)C4)nc12.Cl. The lowest BCUT2D eigenvalue weighted by Crippen LogP contribution is -2.43. The van der Waals surface area contributed by atoms with Crippen LogP contribution >= 0.6 is 35.3 Å². The summed E-state index contributed by atoms with van der Waals surface area (Å²) in [6, 6.07) is 9.20. The van der Waals surface area contributed by atoms with E-state index >= 15 is 0 Å². The maximum absolute atomic E-state index is 14.3. The minimum Gasteiger partial charge on any atom is -0.494 e. The number of thiazole rings is 1. The van der Waals surface area contributed by atoms with Crippen molar-refractivity contribution in [1.82, 2.24) is 29.6 Å². The summed E-state index contributed by atoms with van der Waals surface area (Å²) in [6.07, 6.45) is 4.05. The highest BCUT2D eigenvalue weighted by molar-refractivity contribution is 7.13. The molecule has 1 saturated heterocycles. The number of amides is 1. The van der Waals surface area contributed by atoms with Gasteiger partial charge in [0.05, 0.1) is 30.7 Å². The fourth-order valence-corrected chi connectivity index (χ4v) is 6.59. The number of nitrogens with one attached hydrogen (secondary N) is 2. The number of carbonyl (C=O) groups is 1. The molecule has 14 heteroatoms. The highest BCUT2D eigenvalue weighted by atomic mass is 35.5. The zero-order chi connectivity index (χ0) is 28.8. The summed E-state index contributed by atoms with van der Waals surface area (Å²) in [6.45, 7) is 4.05. The van der Waals surface area contributed by atoms with Crippen LogP contribution in [0.25, 0.3) is 22.0 Å². The average molecular weight is 644 g/mol. The van der Waals surface area contributed by atoms with E-state index in [-0.39, 0.29) is 31.3 Å². The summed E-state index contributed by atoms with van der Waals surface area (Å²) in [4.78, 5) is 24.8. The van der Waals surface area contributed by atoms with Gasteiger partial charge in [-0.1, -0.05) is 23.7 Å². The summed E-state index contributed by atoms with van der Waals surface area (Å²) in [7, 11) is 1.59. The fourth-order valence-electron chi connectivity index (χ4n) is 5.81. The number of benzene rings is 2. The third-order valence-electron chi connectivity index (χ3n) is 7.81. The molecule has 10 nitrogen and oxygen atoms in total. The van der Waals surface area contributed by atoms with Crippen molar-refractivity contribution in [2.45, 2.75) is 25.2 Å². The van der Waals surface area contributed by atoms with Crippen molar-refractivity contribution < 1.29 is 13.9 Å². The minimum atomic E-state index is -1.03. The van der Waals surface area contributed by atoms with Crippen LogP contribution in [-0.2, 0) is 17.8 Å². The van der Waals surface area contributed by atoms with Crippen LogP contribution in [0.4, 0.5) is 15.2 Å². The van der Waals surface area contributed by atoms with Gasteiger partial charge in [0.2, 0.25) is 0 Å². The molecule has 7 rings (SSSR count). The standard InChI is InChI=1S/C29H28ClFN8O2S.ClH/c1-41-27-20(17-2-4-19(5-3-17)37-9-6-32-7-10-37)13-22(30)21-15-39(36-24(21)27)26(28(40)35-29-33-8-11-42-29)25-23-12-18(31)14-38(23)16-34-25;/h2-5,8,11,13,15-16,18,26,32H,6-7,9-10,12,14H2,1H3,(H,33,35,40);1H. The number of fused-ring (bicyclic) bond motifs is 2. The Morgan fingerprint density at radius 1 is 1.23 bits per heavy atom. The number of carbonyl (C=O) groups excluding carboxylic acids is 1. The predicted octanol–water partition coefficient (Wildman–Crippen LogP) is 4.97. The van der Waals surface area contributed by atoms with Crippen LogP contribution in [0.1, 0.15) is 17.4 Å². The third kappa shape index (κ3) is 5.44. The Morgan fingerprint density at radius 3 is 2.74 bits per heavy atom. The predicted molar refractivity (Wildman–Crippen MR) is 169 cm³/mol. The molecule has 0 bridgehead atoms. The molecule has 2 aromatic carbocycles. The molecule has 0 spiro atoms. The largest absolute Gasteiger partial charge is 0.494 e. The van der Waals surface area contributed by atoms with Crippen molar-refractivity contribution in [3.05, 3.63) is 70.8 Å². The topological polar surface area (TPSA) is 102 Å². The van der Waals surface area contributed by atoms with Gasteiger partial charge in [0.15, 0.2) is 16.9 Å². The molecule has 2 aliphatic heterocycles. The molecule has 5 aromatic rings. The Morgan fingerprint density at radius 2 is 2.02 bits per heavy atom. The summed E-state index contributed by atoms with van der Waals surface area (Å²) in [5.41, 5.74) is 4.51. The van der Waals surface area contributed by atoms with Gasteiger partial charge in [-0.3, -0.25) is 14.8 Å². The number of rotatable bonds is 7. The van der Waals surface area contributed by atoms with Gasteiger partial charge in [-0.05, 0) is 23.8 Å². The van der Waals surface area contributed by atoms with Crippen LogP contribution in [0.2, 0.25) is 5.02 Å². The number of halogens is 3. The Labute approximate surface area is 262 Å². The number of alkyl halides is 1. The van der Waals surface area contributed by atoms with Gasteiger partial charge < -0.3 is 19.5 Å². The number of imidazole rings is 1. The lowest BCUT2D eigenvalue weighted by Gasteiger charge is -2.29. The first kappa shape index (κ1) is 29.4. The number of nitrogens with zero attached hydrogens (tertiary/aromatic N) is 6. The van der Waals surface area contributed by atoms with E-state index in [1.807, 2.05) is 6.07 Å². The van der Waals surface area contributed by atoms with Crippen molar-refractivity contribution in [1.29, 1.82) is 0 Å². The van der Waals surface area contributed by atoms with E-state index in [1.54, 1.807) is 35.8 Å². The van der Waals surface area contributed by atoms with Gasteiger partial charge in [-0.2, -0.15) is 5.10 Å². The van der Waals surface area contributed by atoms with Crippen LogP contribution in [0.5, 0.6) is 5.75 Å². The van der Waals surface area contributed by atoms with Crippen molar-refractivity contribution in [2.75, 3.05) is 43.5 Å². The third-order valence-corrected chi connectivity index (χ3v) is 8.81. The maximum Gasteiger partial charge on any atom is 0.257 e. The van der Waals surface area contributed by atoms with E-state index in [2.05, 4.69) is 49.8 Å². The summed E-state index contributed by atoms with van der Waals surface area (Å²) < 4.78 is 23.5. The number of hydrogen-bond donors (Lipinski definition) is 2. The molecule has 2 atom stereocenters. The summed E-state index contributed by atoms with van der Waals surface area (Å²) in [5.74, 6) is 0.154. The van der Waals surface area contributed by atoms with Gasteiger partial charge in [0.1, 0.15) is 11.7 Å². The Balaban J connectivity index is 0.00000329. The van der Waals surface area contributed by atoms with Crippen LogP contribution in [0, 0.1) is 0 Å². The second kappa shape index (κ2) is 12.1. The molecule has 1 amide bonds. The van der Waals surface area contributed by atoms with Crippen LogP contribution in [0.3, 0.4) is 0 Å².